The number of urea groups is 1. The van der Waals surface area contributed by atoms with Gasteiger partial charge >= 0.3 is 6.03 Å². The van der Waals surface area contributed by atoms with E-state index in [9.17, 15) is 9.59 Å². The lowest BCUT2D eigenvalue weighted by Crippen LogP contribution is -2.63. The summed E-state index contributed by atoms with van der Waals surface area (Å²) in [5.74, 6) is -0.219. The van der Waals surface area contributed by atoms with Crippen LogP contribution in [0.3, 0.4) is 0 Å². The molecule has 0 unspecified atom stereocenters. The Balaban J connectivity index is 2.39. The van der Waals surface area contributed by atoms with Gasteiger partial charge in [0.15, 0.2) is 17.0 Å². The number of hydrogen-bond donors (Lipinski definition) is 0. The first-order valence-electron chi connectivity index (χ1n) is 4.45. The number of amides is 3. The molecule has 0 aromatic carbocycles. The molecule has 2 aliphatic rings. The number of carbonyl (C=O) groups excluding carboxylic acids is 2. The molecule has 3 amide bonds. The largest absolute Gasteiger partial charge is 0.338 e. The van der Waals surface area contributed by atoms with Gasteiger partial charge in [-0.25, -0.2) is 9.79 Å². The van der Waals surface area contributed by atoms with E-state index in [0.717, 1.165) is 4.90 Å². The van der Waals surface area contributed by atoms with Crippen LogP contribution in [0.15, 0.2) is 4.99 Å². The van der Waals surface area contributed by atoms with Crippen molar-refractivity contribution < 1.29 is 9.59 Å². The molecule has 15 heavy (non-hydrogen) atoms. The first kappa shape index (κ1) is 10.4. The number of nitrogens with zero attached hydrogens (tertiary/aromatic N) is 4. The van der Waals surface area contributed by atoms with E-state index >= 15 is 0 Å². The molecule has 0 spiro atoms. The van der Waals surface area contributed by atoms with Crippen molar-refractivity contribution in [2.45, 2.75) is 12.2 Å². The Morgan fingerprint density at radius 3 is 2.40 bits per heavy atom. The molecule has 0 aromatic rings. The maximum absolute atomic E-state index is 11.9. The highest BCUT2D eigenvalue weighted by Crippen LogP contribution is 2.27. The van der Waals surface area contributed by atoms with Gasteiger partial charge in [0.05, 0.1) is 0 Å². The first-order valence-corrected chi connectivity index (χ1v) is 5.25. The van der Waals surface area contributed by atoms with Crippen LogP contribution in [0.25, 0.3) is 0 Å². The topological polar surface area (TPSA) is 56.2 Å². The number of fused-ring (bicyclic) bond motifs is 1. The molecule has 1 saturated heterocycles. The number of amidine groups is 1. The average Bonchev–Trinajstić information content (AvgIpc) is 2.50. The lowest BCUT2D eigenvalue weighted by Gasteiger charge is -2.38. The highest BCUT2D eigenvalue weighted by atomic mass is 79.9. The van der Waals surface area contributed by atoms with E-state index in [1.807, 2.05) is 0 Å². The van der Waals surface area contributed by atoms with E-state index in [0.29, 0.717) is 4.74 Å². The van der Waals surface area contributed by atoms with Crippen LogP contribution in [-0.2, 0) is 4.79 Å². The molecule has 6 nitrogen and oxygen atoms in total. The molecule has 0 N–H and O–H groups in total. The molecule has 2 rings (SSSR count). The van der Waals surface area contributed by atoms with E-state index in [4.69, 9.17) is 0 Å². The predicted octanol–water partition coefficient (Wildman–Crippen LogP) is -0.0988. The molecule has 2 heterocycles. The fourth-order valence-corrected chi connectivity index (χ4v) is 2.25. The third-order valence-electron chi connectivity index (χ3n) is 2.80. The quantitative estimate of drug-likeness (QED) is 0.580. The van der Waals surface area contributed by atoms with Gasteiger partial charge in [0.2, 0.25) is 0 Å². The number of hydrogen-bond acceptors (Lipinski definition) is 4. The standard InChI is InChI=1S/C8H11BrN4O2/c1-11-4-5(10-7(11)9)12(2)8(15)13(3)6(4)14/h4-5H,1-3H3/t4-,5-/m1/s1. The Morgan fingerprint density at radius 1 is 1.20 bits per heavy atom. The van der Waals surface area contributed by atoms with Gasteiger partial charge < -0.3 is 9.80 Å². The van der Waals surface area contributed by atoms with Crippen LogP contribution < -0.4 is 0 Å². The molecule has 7 heteroatoms. The van der Waals surface area contributed by atoms with Gasteiger partial charge in [-0.2, -0.15) is 0 Å². The van der Waals surface area contributed by atoms with E-state index < -0.39 is 12.2 Å². The first-order chi connectivity index (χ1) is 6.95. The number of aliphatic imine (C=N–C) groups is 1. The van der Waals surface area contributed by atoms with Crippen LogP contribution in [0.4, 0.5) is 4.79 Å². The minimum absolute atomic E-state index is 0.219. The van der Waals surface area contributed by atoms with Crippen LogP contribution in [0, 0.1) is 0 Å². The summed E-state index contributed by atoms with van der Waals surface area (Å²) in [5, 5.41) is 0. The summed E-state index contributed by atoms with van der Waals surface area (Å²) in [4.78, 5) is 32.0. The lowest BCUT2D eigenvalue weighted by molar-refractivity contribution is -0.135. The van der Waals surface area contributed by atoms with Gasteiger partial charge in [-0.15, -0.1) is 0 Å². The Labute approximate surface area is 95.6 Å². The zero-order chi connectivity index (χ0) is 11.3. The summed E-state index contributed by atoms with van der Waals surface area (Å²) < 4.78 is 0.598. The summed E-state index contributed by atoms with van der Waals surface area (Å²) in [6.45, 7) is 0. The third-order valence-corrected chi connectivity index (χ3v) is 3.56. The Bertz CT molecular complexity index is 370. The minimum atomic E-state index is -0.416. The highest BCUT2D eigenvalue weighted by Gasteiger charge is 2.49. The van der Waals surface area contributed by atoms with Crippen molar-refractivity contribution in [1.82, 2.24) is 14.7 Å². The summed E-state index contributed by atoms with van der Waals surface area (Å²) in [7, 11) is 4.90. The van der Waals surface area contributed by atoms with Gasteiger partial charge in [0.1, 0.15) is 0 Å². The second-order valence-electron chi connectivity index (χ2n) is 3.66. The van der Waals surface area contributed by atoms with E-state index in [1.165, 1.54) is 11.9 Å². The van der Waals surface area contributed by atoms with Crippen molar-refractivity contribution in [1.29, 1.82) is 0 Å². The number of halogens is 1. The number of likely N-dealkylation sites (N-methyl/N-ethyl adjacent to an activating group) is 3. The normalized spacial score (nSPS) is 30.9. The lowest BCUT2D eigenvalue weighted by atomic mass is 10.1. The molecular formula is C8H11BrN4O2. The number of rotatable bonds is 0. The highest BCUT2D eigenvalue weighted by molar-refractivity contribution is 9.18. The monoisotopic (exact) mass is 274 g/mol. The minimum Gasteiger partial charge on any atom is -0.338 e. The molecule has 0 aromatic heterocycles. The second-order valence-corrected chi connectivity index (χ2v) is 4.37. The van der Waals surface area contributed by atoms with E-state index in [-0.39, 0.29) is 11.9 Å². The maximum Gasteiger partial charge on any atom is 0.328 e. The molecule has 1 fully saturated rings. The van der Waals surface area contributed by atoms with Crippen LogP contribution in [0.2, 0.25) is 0 Å². The molecule has 0 aliphatic carbocycles. The van der Waals surface area contributed by atoms with Crippen LogP contribution in [-0.4, -0.2) is 64.7 Å². The second kappa shape index (κ2) is 3.19. The van der Waals surface area contributed by atoms with Gasteiger partial charge in [-0.3, -0.25) is 9.69 Å². The third kappa shape index (κ3) is 1.26. The zero-order valence-electron chi connectivity index (χ0n) is 8.64. The summed E-state index contributed by atoms with van der Waals surface area (Å²) in [6.07, 6.45) is -0.416. The molecule has 82 valence electrons. The van der Waals surface area contributed by atoms with Crippen molar-refractivity contribution in [3.63, 3.8) is 0 Å². The SMILES string of the molecule is CN1C(=O)[C@H]2[C@H](N=C(Br)N2C)N(C)C1=O. The number of carbonyl (C=O) groups is 2. The van der Waals surface area contributed by atoms with Gasteiger partial charge in [0.25, 0.3) is 5.91 Å². The molecule has 2 aliphatic heterocycles. The smallest absolute Gasteiger partial charge is 0.328 e. The van der Waals surface area contributed by atoms with Gasteiger partial charge in [-0.05, 0) is 15.9 Å². The van der Waals surface area contributed by atoms with Crippen molar-refractivity contribution in [3.05, 3.63) is 0 Å². The van der Waals surface area contributed by atoms with Crippen LogP contribution >= 0.6 is 15.9 Å². The van der Waals surface area contributed by atoms with Crippen LogP contribution in [0.5, 0.6) is 0 Å². The molecule has 0 bridgehead atoms. The molecule has 2 atom stereocenters. The van der Waals surface area contributed by atoms with E-state index in [2.05, 4.69) is 20.9 Å². The van der Waals surface area contributed by atoms with Crippen molar-refractivity contribution in [3.8, 4) is 0 Å². The summed E-state index contributed by atoms with van der Waals surface area (Å²) in [5.41, 5.74) is 0. The van der Waals surface area contributed by atoms with Crippen molar-refractivity contribution in [2.75, 3.05) is 21.1 Å². The summed E-state index contributed by atoms with van der Waals surface area (Å²) >= 11 is 3.26. The molecule has 0 saturated carbocycles. The Kier molecular flexibility index (Phi) is 2.22. The van der Waals surface area contributed by atoms with Gasteiger partial charge in [0, 0.05) is 21.1 Å². The Morgan fingerprint density at radius 2 is 1.80 bits per heavy atom. The maximum atomic E-state index is 11.9. The van der Waals surface area contributed by atoms with Gasteiger partial charge in [-0.1, -0.05) is 0 Å². The van der Waals surface area contributed by atoms with Crippen molar-refractivity contribution in [2.24, 2.45) is 4.99 Å². The summed E-state index contributed by atoms with van der Waals surface area (Å²) in [6, 6.07) is -0.729. The predicted molar refractivity (Wildman–Crippen MR) is 57.6 cm³/mol. The Hall–Kier alpha value is -1.11. The fraction of sp³-hybridized carbons (Fsp3) is 0.625. The van der Waals surface area contributed by atoms with Crippen LogP contribution in [0.1, 0.15) is 0 Å². The zero-order valence-corrected chi connectivity index (χ0v) is 10.2. The van der Waals surface area contributed by atoms with E-state index in [1.54, 1.807) is 19.0 Å². The number of imide groups is 1. The molecule has 0 radical (unpaired) electrons. The average molecular weight is 275 g/mol. The fourth-order valence-electron chi connectivity index (χ4n) is 1.82. The molecular weight excluding hydrogens is 264 g/mol. The van der Waals surface area contributed by atoms with Crippen molar-refractivity contribution >= 4 is 32.6 Å².